The minimum absolute atomic E-state index is 0.561. The van der Waals surface area contributed by atoms with Crippen molar-refractivity contribution >= 4 is 0 Å². The van der Waals surface area contributed by atoms with Crippen molar-refractivity contribution in [2.24, 2.45) is 0 Å². The van der Waals surface area contributed by atoms with E-state index < -0.39 is 0 Å². The first-order valence-electron chi connectivity index (χ1n) is 6.18. The van der Waals surface area contributed by atoms with Gasteiger partial charge in [-0.25, -0.2) is 0 Å². The summed E-state index contributed by atoms with van der Waals surface area (Å²) in [6.45, 7) is 4.22. The molecule has 0 saturated carbocycles. The predicted octanol–water partition coefficient (Wildman–Crippen LogP) is 2.12. The minimum Gasteiger partial charge on any atom is -0.497 e. The molecule has 17 heavy (non-hydrogen) atoms. The van der Waals surface area contributed by atoms with E-state index in [2.05, 4.69) is 36.3 Å². The molecule has 0 aliphatic carbocycles. The van der Waals surface area contributed by atoms with Crippen molar-refractivity contribution in [3.05, 3.63) is 29.8 Å². The number of hydrogen-bond acceptors (Lipinski definition) is 3. The molecule has 0 aliphatic heterocycles. The minimum atomic E-state index is 0.561. The maximum atomic E-state index is 5.23. The first kappa shape index (κ1) is 14.0. The average molecular weight is 236 g/mol. The van der Waals surface area contributed by atoms with E-state index in [9.17, 15) is 0 Å². The SMILES string of the molecule is CCC(CN(C)Cc1cccc(OC)c1)NC. The molecule has 0 amide bonds. The van der Waals surface area contributed by atoms with Gasteiger partial charge in [-0.05, 0) is 38.2 Å². The third-order valence-corrected chi connectivity index (χ3v) is 3.02. The molecule has 0 radical (unpaired) electrons. The van der Waals surface area contributed by atoms with Crippen LogP contribution in [0.4, 0.5) is 0 Å². The normalized spacial score (nSPS) is 12.8. The lowest BCUT2D eigenvalue weighted by molar-refractivity contribution is 0.283. The molecule has 96 valence electrons. The van der Waals surface area contributed by atoms with Gasteiger partial charge < -0.3 is 15.0 Å². The molecule has 1 rings (SSSR count). The van der Waals surface area contributed by atoms with Crippen molar-refractivity contribution in [2.75, 3.05) is 27.7 Å². The van der Waals surface area contributed by atoms with Crippen LogP contribution in [0.1, 0.15) is 18.9 Å². The van der Waals surface area contributed by atoms with Crippen molar-refractivity contribution in [3.63, 3.8) is 0 Å². The van der Waals surface area contributed by atoms with Crippen LogP contribution in [0.5, 0.6) is 5.75 Å². The second-order valence-corrected chi connectivity index (χ2v) is 4.44. The molecule has 3 heteroatoms. The smallest absolute Gasteiger partial charge is 0.119 e. The first-order valence-corrected chi connectivity index (χ1v) is 6.18. The van der Waals surface area contributed by atoms with Crippen LogP contribution in [-0.4, -0.2) is 38.7 Å². The summed E-state index contributed by atoms with van der Waals surface area (Å²) in [7, 11) is 5.88. The monoisotopic (exact) mass is 236 g/mol. The molecule has 3 nitrogen and oxygen atoms in total. The van der Waals surface area contributed by atoms with E-state index in [1.807, 2.05) is 19.2 Å². The van der Waals surface area contributed by atoms with Gasteiger partial charge in [0.15, 0.2) is 0 Å². The quantitative estimate of drug-likeness (QED) is 0.785. The number of nitrogens with one attached hydrogen (secondary N) is 1. The highest BCUT2D eigenvalue weighted by atomic mass is 16.5. The molecule has 0 aliphatic rings. The zero-order valence-corrected chi connectivity index (χ0v) is 11.4. The molecule has 1 aromatic rings. The Bertz CT molecular complexity index is 324. The fourth-order valence-electron chi connectivity index (χ4n) is 1.95. The first-order chi connectivity index (χ1) is 8.19. The lowest BCUT2D eigenvalue weighted by atomic mass is 10.1. The summed E-state index contributed by atoms with van der Waals surface area (Å²) in [5, 5.41) is 3.32. The molecular weight excluding hydrogens is 212 g/mol. The molecule has 0 saturated heterocycles. The number of likely N-dealkylation sites (N-methyl/N-ethyl adjacent to an activating group) is 2. The van der Waals surface area contributed by atoms with E-state index in [4.69, 9.17) is 4.74 Å². The van der Waals surface area contributed by atoms with Crippen LogP contribution in [-0.2, 0) is 6.54 Å². The van der Waals surface area contributed by atoms with Crippen LogP contribution < -0.4 is 10.1 Å². The summed E-state index contributed by atoms with van der Waals surface area (Å²) >= 11 is 0. The molecule has 0 fully saturated rings. The molecule has 0 spiro atoms. The van der Waals surface area contributed by atoms with Gasteiger partial charge in [0.05, 0.1) is 7.11 Å². The Morgan fingerprint density at radius 3 is 2.76 bits per heavy atom. The molecule has 1 unspecified atom stereocenters. The van der Waals surface area contributed by atoms with Crippen molar-refractivity contribution in [3.8, 4) is 5.75 Å². The van der Waals surface area contributed by atoms with Gasteiger partial charge in [-0.15, -0.1) is 0 Å². The summed E-state index contributed by atoms with van der Waals surface area (Å²) in [5.74, 6) is 0.927. The molecule has 1 atom stereocenters. The highest BCUT2D eigenvalue weighted by Gasteiger charge is 2.07. The number of ether oxygens (including phenoxy) is 1. The maximum absolute atomic E-state index is 5.23. The summed E-state index contributed by atoms with van der Waals surface area (Å²) < 4.78 is 5.23. The lowest BCUT2D eigenvalue weighted by Crippen LogP contribution is -2.36. The number of methoxy groups -OCH3 is 1. The second kappa shape index (κ2) is 7.30. The Morgan fingerprint density at radius 1 is 1.41 bits per heavy atom. The van der Waals surface area contributed by atoms with Gasteiger partial charge in [0.2, 0.25) is 0 Å². The van der Waals surface area contributed by atoms with Crippen molar-refractivity contribution in [2.45, 2.75) is 25.9 Å². The second-order valence-electron chi connectivity index (χ2n) is 4.44. The van der Waals surface area contributed by atoms with Crippen LogP contribution in [0.15, 0.2) is 24.3 Å². The van der Waals surface area contributed by atoms with Crippen molar-refractivity contribution in [1.82, 2.24) is 10.2 Å². The fraction of sp³-hybridized carbons (Fsp3) is 0.571. The maximum Gasteiger partial charge on any atom is 0.119 e. The molecule has 0 aromatic heterocycles. The Balaban J connectivity index is 2.52. The Morgan fingerprint density at radius 2 is 2.18 bits per heavy atom. The van der Waals surface area contributed by atoms with Crippen LogP contribution >= 0.6 is 0 Å². The summed E-state index contributed by atoms with van der Waals surface area (Å²) in [6.07, 6.45) is 1.15. The third kappa shape index (κ3) is 4.75. The van der Waals surface area contributed by atoms with Gasteiger partial charge in [0.25, 0.3) is 0 Å². The van der Waals surface area contributed by atoms with Crippen molar-refractivity contribution in [1.29, 1.82) is 0 Å². The van der Waals surface area contributed by atoms with E-state index in [0.29, 0.717) is 6.04 Å². The van der Waals surface area contributed by atoms with E-state index in [-0.39, 0.29) is 0 Å². The van der Waals surface area contributed by atoms with Crippen LogP contribution in [0.2, 0.25) is 0 Å². The zero-order valence-electron chi connectivity index (χ0n) is 11.4. The van der Waals surface area contributed by atoms with Crippen LogP contribution in [0.25, 0.3) is 0 Å². The van der Waals surface area contributed by atoms with Gasteiger partial charge in [-0.2, -0.15) is 0 Å². The summed E-state index contributed by atoms with van der Waals surface area (Å²) in [5.41, 5.74) is 1.29. The number of rotatable bonds is 7. The largest absolute Gasteiger partial charge is 0.497 e. The Labute approximate surface area is 105 Å². The topological polar surface area (TPSA) is 24.5 Å². The molecule has 0 bridgehead atoms. The molecule has 1 N–H and O–H groups in total. The van der Waals surface area contributed by atoms with Gasteiger partial charge in [-0.3, -0.25) is 0 Å². The van der Waals surface area contributed by atoms with E-state index in [1.165, 1.54) is 5.56 Å². The molecule has 0 heterocycles. The Kier molecular flexibility index (Phi) is 6.01. The lowest BCUT2D eigenvalue weighted by Gasteiger charge is -2.23. The van der Waals surface area contributed by atoms with Crippen LogP contribution in [0.3, 0.4) is 0 Å². The van der Waals surface area contributed by atoms with Gasteiger partial charge in [0.1, 0.15) is 5.75 Å². The third-order valence-electron chi connectivity index (χ3n) is 3.02. The highest BCUT2D eigenvalue weighted by molar-refractivity contribution is 5.28. The van der Waals surface area contributed by atoms with Crippen molar-refractivity contribution < 1.29 is 4.74 Å². The van der Waals surface area contributed by atoms with Gasteiger partial charge in [0, 0.05) is 19.1 Å². The standard InChI is InChI=1S/C14H24N2O/c1-5-13(15-2)11-16(3)10-12-7-6-8-14(9-12)17-4/h6-9,13,15H,5,10-11H2,1-4H3. The predicted molar refractivity (Wildman–Crippen MR) is 72.5 cm³/mol. The average Bonchev–Trinajstić information content (AvgIpc) is 2.36. The molecule has 1 aromatic carbocycles. The number of benzene rings is 1. The fourth-order valence-corrected chi connectivity index (χ4v) is 1.95. The zero-order chi connectivity index (χ0) is 12.7. The van der Waals surface area contributed by atoms with Crippen LogP contribution in [0, 0.1) is 0 Å². The number of nitrogens with zero attached hydrogens (tertiary/aromatic N) is 1. The van der Waals surface area contributed by atoms with E-state index >= 15 is 0 Å². The van der Waals surface area contributed by atoms with Gasteiger partial charge >= 0.3 is 0 Å². The highest BCUT2D eigenvalue weighted by Crippen LogP contribution is 2.14. The van der Waals surface area contributed by atoms with Gasteiger partial charge in [-0.1, -0.05) is 19.1 Å². The summed E-state index contributed by atoms with van der Waals surface area (Å²) in [4.78, 5) is 2.33. The Hall–Kier alpha value is -1.06. The van der Waals surface area contributed by atoms with E-state index in [0.717, 1.165) is 25.3 Å². The van der Waals surface area contributed by atoms with E-state index in [1.54, 1.807) is 7.11 Å². The number of hydrogen-bond donors (Lipinski definition) is 1. The summed E-state index contributed by atoms with van der Waals surface area (Å²) in [6, 6.07) is 8.81. The molecular formula is C14H24N2O.